The smallest absolute Gasteiger partial charge is 0.228 e. The van der Waals surface area contributed by atoms with E-state index in [1.54, 1.807) is 6.07 Å². The molecule has 0 spiro atoms. The van der Waals surface area contributed by atoms with Crippen LogP contribution in [0.2, 0.25) is 5.02 Å². The van der Waals surface area contributed by atoms with Crippen LogP contribution in [0.5, 0.6) is 0 Å². The van der Waals surface area contributed by atoms with Crippen LogP contribution < -0.4 is 20.9 Å². The van der Waals surface area contributed by atoms with E-state index in [0.717, 1.165) is 63.4 Å². The zero-order chi connectivity index (χ0) is 26.7. The molecule has 3 aliphatic rings. The predicted molar refractivity (Wildman–Crippen MR) is 155 cm³/mol. The van der Waals surface area contributed by atoms with Crippen molar-refractivity contribution in [2.75, 3.05) is 67.9 Å². The monoisotopic (exact) mass is 568 g/mol. The number of anilines is 3. The minimum atomic E-state index is -0.479. The first-order valence-corrected chi connectivity index (χ1v) is 14.6. The number of thiazole rings is 1. The number of piperazine rings is 1. The third-order valence-corrected chi connectivity index (χ3v) is 9.21. The Bertz CT molecular complexity index is 1550. The molecular formula is C27H30ClFN8OS. The number of benzene rings is 2. The molecule has 0 saturated carbocycles. The standard InChI is InChI=1S/C27H30ClFN8OS/c28-19-11-18-24(22(29)21(19)17-4-1-5-20-23(17)32-26(30)39-20)33-27(34-25(18)35-9-6-31-7-10-35)37-12-15(13-37)36-8-2-3-16(38)14-36/h1,4-5,11,15-16,31,38H,2-3,6-10,12-14H2,(H2,30,32). The van der Waals surface area contributed by atoms with Gasteiger partial charge in [-0.25, -0.2) is 14.4 Å². The molecule has 1 atom stereocenters. The number of β-amino-alcohol motifs (C(OH)–C–C–N with tert-alkyl or cyclic N) is 1. The fourth-order valence-electron chi connectivity index (χ4n) is 6.01. The third kappa shape index (κ3) is 4.46. The van der Waals surface area contributed by atoms with Crippen molar-refractivity contribution in [1.82, 2.24) is 25.2 Å². The summed E-state index contributed by atoms with van der Waals surface area (Å²) in [6.45, 7) is 6.36. The van der Waals surface area contributed by atoms with Gasteiger partial charge in [-0.15, -0.1) is 0 Å². The summed E-state index contributed by atoms with van der Waals surface area (Å²) in [4.78, 5) is 20.9. The molecule has 4 N–H and O–H groups in total. The minimum absolute atomic E-state index is 0.255. The van der Waals surface area contributed by atoms with Crippen LogP contribution in [0.25, 0.3) is 32.2 Å². The quantitative estimate of drug-likeness (QED) is 0.342. The van der Waals surface area contributed by atoms with Crippen molar-refractivity contribution in [3.8, 4) is 11.1 Å². The fraction of sp³-hybridized carbons (Fsp3) is 0.444. The van der Waals surface area contributed by atoms with Crippen LogP contribution in [-0.2, 0) is 0 Å². The van der Waals surface area contributed by atoms with Gasteiger partial charge in [0.15, 0.2) is 10.9 Å². The molecular weight excluding hydrogens is 539 g/mol. The van der Waals surface area contributed by atoms with Gasteiger partial charge in [0.05, 0.1) is 21.3 Å². The second-order valence-electron chi connectivity index (χ2n) is 10.6. The van der Waals surface area contributed by atoms with E-state index in [4.69, 9.17) is 27.3 Å². The molecule has 3 fully saturated rings. The number of fused-ring (bicyclic) bond motifs is 2. The highest BCUT2D eigenvalue weighted by Gasteiger charge is 2.36. The summed E-state index contributed by atoms with van der Waals surface area (Å²) >= 11 is 8.16. The number of halogens is 2. The number of nitrogens with zero attached hydrogens (tertiary/aromatic N) is 6. The normalized spacial score (nSPS) is 21.2. The van der Waals surface area contributed by atoms with E-state index in [9.17, 15) is 5.11 Å². The zero-order valence-electron chi connectivity index (χ0n) is 21.4. The summed E-state index contributed by atoms with van der Waals surface area (Å²) in [7, 11) is 0. The van der Waals surface area contributed by atoms with Gasteiger partial charge in [0.2, 0.25) is 5.95 Å². The number of rotatable bonds is 4. The lowest BCUT2D eigenvalue weighted by atomic mass is 10.0. The van der Waals surface area contributed by atoms with Gasteiger partial charge < -0.3 is 26.0 Å². The molecule has 204 valence electrons. The van der Waals surface area contributed by atoms with Gasteiger partial charge in [0.1, 0.15) is 11.3 Å². The number of nitrogens with two attached hydrogens (primary N) is 1. The van der Waals surface area contributed by atoms with E-state index >= 15 is 4.39 Å². The lowest BCUT2D eigenvalue weighted by Crippen LogP contribution is -2.62. The summed E-state index contributed by atoms with van der Waals surface area (Å²) in [5, 5.41) is 14.8. The molecule has 7 rings (SSSR count). The summed E-state index contributed by atoms with van der Waals surface area (Å²) in [6.07, 6.45) is 1.60. The average Bonchev–Trinajstić information content (AvgIpc) is 3.29. The van der Waals surface area contributed by atoms with Crippen LogP contribution in [-0.4, -0.2) is 89.5 Å². The molecule has 2 aromatic carbocycles. The molecule has 3 aliphatic heterocycles. The lowest BCUT2D eigenvalue weighted by Gasteiger charge is -2.47. The first-order chi connectivity index (χ1) is 19.0. The number of hydrogen-bond donors (Lipinski definition) is 3. The van der Waals surface area contributed by atoms with Gasteiger partial charge >= 0.3 is 0 Å². The highest BCUT2D eigenvalue weighted by molar-refractivity contribution is 7.22. The van der Waals surface area contributed by atoms with Crippen molar-refractivity contribution >= 4 is 61.0 Å². The molecule has 3 saturated heterocycles. The summed E-state index contributed by atoms with van der Waals surface area (Å²) in [6, 6.07) is 7.73. The average molecular weight is 569 g/mol. The topological polar surface area (TPSA) is 107 Å². The zero-order valence-corrected chi connectivity index (χ0v) is 23.0. The first-order valence-electron chi connectivity index (χ1n) is 13.4. The van der Waals surface area contributed by atoms with Crippen molar-refractivity contribution < 1.29 is 9.50 Å². The molecule has 39 heavy (non-hydrogen) atoms. The number of aliphatic hydroxyl groups is 1. The Morgan fingerprint density at radius 2 is 1.87 bits per heavy atom. The molecule has 5 heterocycles. The molecule has 0 radical (unpaired) electrons. The van der Waals surface area contributed by atoms with E-state index in [1.165, 1.54) is 11.3 Å². The molecule has 0 aliphatic carbocycles. The number of nitrogen functional groups attached to an aromatic ring is 1. The van der Waals surface area contributed by atoms with Crippen molar-refractivity contribution in [1.29, 1.82) is 0 Å². The minimum Gasteiger partial charge on any atom is -0.392 e. The third-order valence-electron chi connectivity index (χ3n) is 8.06. The van der Waals surface area contributed by atoms with Crippen LogP contribution in [0.15, 0.2) is 24.3 Å². The summed E-state index contributed by atoms with van der Waals surface area (Å²) in [5.74, 6) is 0.748. The van der Waals surface area contributed by atoms with Crippen molar-refractivity contribution in [3.05, 3.63) is 35.1 Å². The number of likely N-dealkylation sites (tertiary alicyclic amines) is 1. The van der Waals surface area contributed by atoms with Gasteiger partial charge in [-0.2, -0.15) is 4.98 Å². The molecule has 1 unspecified atom stereocenters. The van der Waals surface area contributed by atoms with Crippen molar-refractivity contribution in [2.45, 2.75) is 25.0 Å². The highest BCUT2D eigenvalue weighted by Crippen LogP contribution is 2.42. The molecule has 12 heteroatoms. The lowest BCUT2D eigenvalue weighted by molar-refractivity contribution is 0.0384. The van der Waals surface area contributed by atoms with Gasteiger partial charge in [-0.1, -0.05) is 35.1 Å². The number of piperidine rings is 1. The van der Waals surface area contributed by atoms with E-state index < -0.39 is 5.82 Å². The largest absolute Gasteiger partial charge is 0.392 e. The van der Waals surface area contributed by atoms with Crippen LogP contribution >= 0.6 is 22.9 Å². The van der Waals surface area contributed by atoms with E-state index in [1.807, 2.05) is 18.2 Å². The van der Waals surface area contributed by atoms with Crippen molar-refractivity contribution in [3.63, 3.8) is 0 Å². The van der Waals surface area contributed by atoms with Gasteiger partial charge in [0.25, 0.3) is 0 Å². The number of nitrogens with one attached hydrogen (secondary N) is 1. The van der Waals surface area contributed by atoms with E-state index in [0.29, 0.717) is 51.0 Å². The number of aromatic nitrogens is 3. The number of hydrogen-bond acceptors (Lipinski definition) is 10. The van der Waals surface area contributed by atoms with Gasteiger partial charge in [0, 0.05) is 68.4 Å². The summed E-state index contributed by atoms with van der Waals surface area (Å²) < 4.78 is 17.4. The van der Waals surface area contributed by atoms with Crippen LogP contribution in [0, 0.1) is 5.82 Å². The number of para-hydroxylation sites is 1. The van der Waals surface area contributed by atoms with Gasteiger partial charge in [-0.3, -0.25) is 4.90 Å². The molecule has 2 aromatic heterocycles. The maximum atomic E-state index is 16.6. The maximum Gasteiger partial charge on any atom is 0.228 e. The van der Waals surface area contributed by atoms with E-state index in [-0.39, 0.29) is 17.2 Å². The molecule has 0 bridgehead atoms. The van der Waals surface area contributed by atoms with Crippen molar-refractivity contribution in [2.24, 2.45) is 0 Å². The SMILES string of the molecule is Nc1nc2c(-c3c(Cl)cc4c(N5CCNCC5)nc(N5CC(N6CCCC(O)C6)C5)nc4c3F)cccc2s1. The molecule has 4 aromatic rings. The Balaban J connectivity index is 1.32. The van der Waals surface area contributed by atoms with Gasteiger partial charge in [-0.05, 0) is 31.5 Å². The Morgan fingerprint density at radius 3 is 2.67 bits per heavy atom. The molecule has 9 nitrogen and oxygen atoms in total. The van der Waals surface area contributed by atoms with Crippen LogP contribution in [0.1, 0.15) is 12.8 Å². The fourth-order valence-corrected chi connectivity index (χ4v) is 7.06. The Morgan fingerprint density at radius 1 is 1.05 bits per heavy atom. The van der Waals surface area contributed by atoms with Crippen LogP contribution in [0.4, 0.5) is 21.3 Å². The Hall–Kier alpha value is -2.83. The first kappa shape index (κ1) is 25.2. The second kappa shape index (κ2) is 9.97. The number of aliphatic hydroxyl groups excluding tert-OH is 1. The maximum absolute atomic E-state index is 16.6. The molecule has 0 amide bonds. The van der Waals surface area contributed by atoms with Crippen LogP contribution in [0.3, 0.4) is 0 Å². The Labute approximate surface area is 234 Å². The highest BCUT2D eigenvalue weighted by atomic mass is 35.5. The summed E-state index contributed by atoms with van der Waals surface area (Å²) in [5.41, 5.74) is 7.74. The second-order valence-corrected chi connectivity index (χ2v) is 12.1. The van der Waals surface area contributed by atoms with E-state index in [2.05, 4.69) is 25.0 Å². The Kier molecular flexibility index (Phi) is 6.43. The predicted octanol–water partition coefficient (Wildman–Crippen LogP) is 3.34.